The van der Waals surface area contributed by atoms with Crippen molar-refractivity contribution in [1.29, 1.82) is 0 Å². The maximum Gasteiger partial charge on any atom is 0.332 e. The predicted molar refractivity (Wildman–Crippen MR) is 67.5 cm³/mol. The second-order valence-corrected chi connectivity index (χ2v) is 4.95. The van der Waals surface area contributed by atoms with Crippen molar-refractivity contribution in [2.24, 2.45) is 0 Å². The van der Waals surface area contributed by atoms with Crippen LogP contribution in [0.5, 0.6) is 0 Å². The maximum absolute atomic E-state index is 9.45. The zero-order chi connectivity index (χ0) is 13.5. The van der Waals surface area contributed by atoms with Gasteiger partial charge in [0.2, 0.25) is 0 Å². The molecule has 1 atom stereocenters. The molecule has 0 aliphatic carbocycles. The number of aliphatic hydroxyl groups is 1. The average Bonchev–Trinajstić information content (AvgIpc) is 2.17. The van der Waals surface area contributed by atoms with Gasteiger partial charge in [-0.05, 0) is 6.92 Å². The molecular formula is C13H22NO3+. The lowest BCUT2D eigenvalue weighted by molar-refractivity contribution is -0.884. The average molecular weight is 240 g/mol. The van der Waals surface area contributed by atoms with E-state index in [0.717, 1.165) is 11.0 Å². The Balaban J connectivity index is 0.000000366. The first-order valence-corrected chi connectivity index (χ1v) is 5.47. The number of carboxylic acid groups (broad SMARTS) is 1. The smallest absolute Gasteiger partial charge is 0.332 e. The molecule has 17 heavy (non-hydrogen) atoms. The molecule has 0 radical (unpaired) electrons. The van der Waals surface area contributed by atoms with Crippen molar-refractivity contribution in [3.05, 3.63) is 35.9 Å². The minimum absolute atomic E-state index is 0.990. The Morgan fingerprint density at radius 3 is 1.94 bits per heavy atom. The summed E-state index contributed by atoms with van der Waals surface area (Å²) in [5.41, 5.74) is 1.40. The van der Waals surface area contributed by atoms with Crippen LogP contribution in [-0.4, -0.2) is 47.9 Å². The molecule has 0 aromatic heterocycles. The molecule has 0 amide bonds. The first-order valence-electron chi connectivity index (χ1n) is 5.47. The summed E-state index contributed by atoms with van der Waals surface area (Å²) in [6, 6.07) is 10.6. The van der Waals surface area contributed by atoms with Gasteiger partial charge in [-0.25, -0.2) is 4.79 Å². The molecule has 0 aliphatic rings. The standard InChI is InChI=1S/C10H16N.C3H6O3/c1-11(2,3)9-10-7-5-4-6-8-10;1-2(4)3(5)6/h4-8H,9H2,1-3H3;2,4H,1H3,(H,5,6)/q+1;. The summed E-state index contributed by atoms with van der Waals surface area (Å²) in [6.07, 6.45) is -1.23. The monoisotopic (exact) mass is 240 g/mol. The summed E-state index contributed by atoms with van der Waals surface area (Å²) in [7, 11) is 6.60. The second-order valence-electron chi connectivity index (χ2n) is 4.95. The molecule has 0 aliphatic heterocycles. The fraction of sp³-hybridized carbons (Fsp3) is 0.462. The molecule has 0 spiro atoms. The van der Waals surface area contributed by atoms with Crippen molar-refractivity contribution in [2.75, 3.05) is 21.1 Å². The third kappa shape index (κ3) is 9.53. The molecule has 0 saturated carbocycles. The normalized spacial score (nSPS) is 12.3. The molecule has 1 rings (SSSR count). The van der Waals surface area contributed by atoms with E-state index < -0.39 is 12.1 Å². The lowest BCUT2D eigenvalue weighted by Gasteiger charge is -2.23. The lowest BCUT2D eigenvalue weighted by atomic mass is 10.2. The molecule has 2 N–H and O–H groups in total. The van der Waals surface area contributed by atoms with E-state index >= 15 is 0 Å². The Morgan fingerprint density at radius 2 is 1.65 bits per heavy atom. The van der Waals surface area contributed by atoms with Gasteiger partial charge in [0.1, 0.15) is 12.6 Å². The highest BCUT2D eigenvalue weighted by Crippen LogP contribution is 2.05. The largest absolute Gasteiger partial charge is 0.479 e. The van der Waals surface area contributed by atoms with E-state index in [1.54, 1.807) is 0 Å². The quantitative estimate of drug-likeness (QED) is 0.784. The van der Waals surface area contributed by atoms with E-state index in [1.807, 2.05) is 0 Å². The number of rotatable bonds is 3. The molecule has 96 valence electrons. The Morgan fingerprint density at radius 1 is 1.24 bits per heavy atom. The molecular weight excluding hydrogens is 218 g/mol. The number of carboxylic acids is 1. The topological polar surface area (TPSA) is 57.5 Å². The van der Waals surface area contributed by atoms with Crippen LogP contribution in [0, 0.1) is 0 Å². The Kier molecular flexibility index (Phi) is 6.46. The summed E-state index contributed by atoms with van der Waals surface area (Å²) < 4.78 is 0.990. The van der Waals surface area contributed by atoms with Crippen LogP contribution in [0.2, 0.25) is 0 Å². The van der Waals surface area contributed by atoms with Gasteiger partial charge in [-0.2, -0.15) is 0 Å². The van der Waals surface area contributed by atoms with Crippen LogP contribution in [0.1, 0.15) is 12.5 Å². The van der Waals surface area contributed by atoms with E-state index in [0.29, 0.717) is 0 Å². The third-order valence-electron chi connectivity index (χ3n) is 1.86. The summed E-state index contributed by atoms with van der Waals surface area (Å²) in [5, 5.41) is 15.8. The zero-order valence-corrected chi connectivity index (χ0v) is 10.9. The molecule has 0 fully saturated rings. The molecule has 1 aromatic carbocycles. The Labute approximate surface area is 103 Å². The minimum atomic E-state index is -1.23. The van der Waals surface area contributed by atoms with Gasteiger partial charge in [0, 0.05) is 5.56 Å². The summed E-state index contributed by atoms with van der Waals surface area (Å²) in [4.78, 5) is 9.45. The molecule has 4 heteroatoms. The van der Waals surface area contributed by atoms with Gasteiger partial charge in [-0.1, -0.05) is 30.3 Å². The van der Waals surface area contributed by atoms with Crippen LogP contribution in [0.15, 0.2) is 30.3 Å². The van der Waals surface area contributed by atoms with Crippen LogP contribution in [0.25, 0.3) is 0 Å². The fourth-order valence-corrected chi connectivity index (χ4v) is 1.13. The van der Waals surface area contributed by atoms with Gasteiger partial charge in [-0.3, -0.25) is 0 Å². The molecule has 0 bridgehead atoms. The second kappa shape index (κ2) is 7.04. The number of aliphatic hydroxyl groups excluding tert-OH is 1. The highest BCUT2D eigenvalue weighted by Gasteiger charge is 2.06. The van der Waals surface area contributed by atoms with E-state index in [9.17, 15) is 4.79 Å². The number of aliphatic carboxylic acids is 1. The van der Waals surface area contributed by atoms with Crippen molar-refractivity contribution in [3.63, 3.8) is 0 Å². The van der Waals surface area contributed by atoms with Gasteiger partial charge in [0.15, 0.2) is 0 Å². The summed E-state index contributed by atoms with van der Waals surface area (Å²) in [5.74, 6) is -1.19. The van der Waals surface area contributed by atoms with Crippen LogP contribution in [-0.2, 0) is 11.3 Å². The molecule has 1 aromatic rings. The maximum atomic E-state index is 9.45. The van der Waals surface area contributed by atoms with Crippen molar-refractivity contribution < 1.29 is 19.5 Å². The van der Waals surface area contributed by atoms with Crippen molar-refractivity contribution in [2.45, 2.75) is 19.6 Å². The van der Waals surface area contributed by atoms with E-state index in [-0.39, 0.29) is 0 Å². The third-order valence-corrected chi connectivity index (χ3v) is 1.86. The Bertz CT molecular complexity index is 328. The zero-order valence-electron chi connectivity index (χ0n) is 10.9. The number of nitrogens with zero attached hydrogens (tertiary/aromatic N) is 1. The van der Waals surface area contributed by atoms with Crippen LogP contribution in [0.4, 0.5) is 0 Å². The number of quaternary nitrogens is 1. The molecule has 4 nitrogen and oxygen atoms in total. The highest BCUT2D eigenvalue weighted by molar-refractivity contribution is 5.71. The Hall–Kier alpha value is -1.39. The van der Waals surface area contributed by atoms with Gasteiger partial charge in [-0.15, -0.1) is 0 Å². The summed E-state index contributed by atoms with van der Waals surface area (Å²) in [6.45, 7) is 2.29. The predicted octanol–water partition coefficient (Wildman–Crippen LogP) is 1.34. The van der Waals surface area contributed by atoms with Crippen molar-refractivity contribution in [1.82, 2.24) is 0 Å². The van der Waals surface area contributed by atoms with Gasteiger partial charge in [0.25, 0.3) is 0 Å². The number of hydrogen-bond donors (Lipinski definition) is 2. The highest BCUT2D eigenvalue weighted by atomic mass is 16.4. The van der Waals surface area contributed by atoms with Gasteiger partial charge < -0.3 is 14.7 Å². The first-order chi connectivity index (χ1) is 7.72. The van der Waals surface area contributed by atoms with Gasteiger partial charge >= 0.3 is 5.97 Å². The van der Waals surface area contributed by atoms with Crippen LogP contribution in [0.3, 0.4) is 0 Å². The van der Waals surface area contributed by atoms with E-state index in [1.165, 1.54) is 12.5 Å². The molecule has 0 saturated heterocycles. The number of benzene rings is 1. The lowest BCUT2D eigenvalue weighted by Crippen LogP contribution is -2.33. The van der Waals surface area contributed by atoms with Crippen LogP contribution < -0.4 is 0 Å². The fourth-order valence-electron chi connectivity index (χ4n) is 1.13. The minimum Gasteiger partial charge on any atom is -0.479 e. The molecule has 0 heterocycles. The van der Waals surface area contributed by atoms with Gasteiger partial charge in [0.05, 0.1) is 21.1 Å². The summed E-state index contributed by atoms with van der Waals surface area (Å²) >= 11 is 0. The number of hydrogen-bond acceptors (Lipinski definition) is 2. The van der Waals surface area contributed by atoms with Crippen LogP contribution >= 0.6 is 0 Å². The van der Waals surface area contributed by atoms with Crippen molar-refractivity contribution in [3.8, 4) is 0 Å². The number of carbonyl (C=O) groups is 1. The molecule has 1 unspecified atom stereocenters. The van der Waals surface area contributed by atoms with Crippen molar-refractivity contribution >= 4 is 5.97 Å². The van der Waals surface area contributed by atoms with E-state index in [2.05, 4.69) is 51.5 Å². The SMILES string of the molecule is CC(O)C(=O)O.C[N+](C)(C)Cc1ccccc1. The van der Waals surface area contributed by atoms with E-state index in [4.69, 9.17) is 10.2 Å². The first kappa shape index (κ1) is 15.6.